The second-order valence-electron chi connectivity index (χ2n) is 5.83. The van der Waals surface area contributed by atoms with Gasteiger partial charge in [0.05, 0.1) is 21.4 Å². The van der Waals surface area contributed by atoms with Crippen molar-refractivity contribution in [3.63, 3.8) is 0 Å². The van der Waals surface area contributed by atoms with E-state index in [1.165, 1.54) is 24.3 Å². The Morgan fingerprint density at radius 3 is 2.48 bits per heavy atom. The Hall–Kier alpha value is -2.74. The number of imide groups is 1. The van der Waals surface area contributed by atoms with Crippen LogP contribution in [-0.4, -0.2) is 30.5 Å². The molecule has 8 nitrogen and oxygen atoms in total. The average Bonchev–Trinajstić information content (AvgIpc) is 2.88. The van der Waals surface area contributed by atoms with Gasteiger partial charge in [-0.15, -0.1) is 0 Å². The maximum Gasteiger partial charge on any atom is 0.247 e. The van der Waals surface area contributed by atoms with E-state index in [4.69, 9.17) is 5.14 Å². The summed E-state index contributed by atoms with van der Waals surface area (Å²) in [6.45, 7) is 1.77. The molecule has 0 saturated carbocycles. The van der Waals surface area contributed by atoms with E-state index >= 15 is 0 Å². The smallest absolute Gasteiger partial charge is 0.247 e. The summed E-state index contributed by atoms with van der Waals surface area (Å²) >= 11 is 1.07. The van der Waals surface area contributed by atoms with E-state index in [0.29, 0.717) is 16.3 Å². The van der Waals surface area contributed by atoms with E-state index in [9.17, 15) is 23.3 Å². The van der Waals surface area contributed by atoms with E-state index in [1.807, 2.05) is 6.07 Å². The summed E-state index contributed by atoms with van der Waals surface area (Å²) in [5, 5.41) is 13.9. The van der Waals surface area contributed by atoms with Crippen molar-refractivity contribution >= 4 is 39.3 Å². The fraction of sp³-hybridized carbons (Fsp3) is 0.176. The summed E-state index contributed by atoms with van der Waals surface area (Å²) in [5.41, 5.74) is 1.30. The van der Waals surface area contributed by atoms with Crippen LogP contribution in [-0.2, 0) is 19.6 Å². The first-order valence-corrected chi connectivity index (χ1v) is 10.2. The third-order valence-corrected chi connectivity index (χ3v) is 6.02. The summed E-state index contributed by atoms with van der Waals surface area (Å²) in [6.07, 6.45) is -0.0407. The lowest BCUT2D eigenvalue weighted by atomic mass is 10.3. The minimum Gasteiger partial charge on any atom is -0.274 e. The first-order chi connectivity index (χ1) is 12.7. The summed E-state index contributed by atoms with van der Waals surface area (Å²) in [5.74, 6) is -0.854. The Kier molecular flexibility index (Phi) is 5.01. The predicted octanol–water partition coefficient (Wildman–Crippen LogP) is 1.33. The average molecular weight is 402 g/mol. The number of carbonyl (C=O) groups is 2. The Bertz CT molecular complexity index is 1080. The van der Waals surface area contributed by atoms with Gasteiger partial charge < -0.3 is 0 Å². The molecule has 1 aliphatic rings. The van der Waals surface area contributed by atoms with Crippen LogP contribution in [0, 0.1) is 18.3 Å². The maximum atomic E-state index is 12.7. The number of hydrogen-bond acceptors (Lipinski definition) is 7. The highest BCUT2D eigenvalue weighted by Crippen LogP contribution is 2.34. The van der Waals surface area contributed by atoms with Gasteiger partial charge in [0.25, 0.3) is 0 Å². The number of thioether (sulfide) groups is 1. The van der Waals surface area contributed by atoms with E-state index in [1.54, 1.807) is 19.1 Å². The number of hydrogen-bond donors (Lipinski definition) is 1. The van der Waals surface area contributed by atoms with Crippen LogP contribution in [0.4, 0.5) is 5.69 Å². The first kappa shape index (κ1) is 19.0. The van der Waals surface area contributed by atoms with Gasteiger partial charge in [0.1, 0.15) is 11.1 Å². The third-order valence-electron chi connectivity index (χ3n) is 3.90. The highest BCUT2D eigenvalue weighted by molar-refractivity contribution is 8.00. The van der Waals surface area contributed by atoms with Gasteiger partial charge in [-0.05, 0) is 43.3 Å². The van der Waals surface area contributed by atoms with Crippen molar-refractivity contribution in [2.75, 3.05) is 4.90 Å². The van der Waals surface area contributed by atoms with Crippen molar-refractivity contribution in [3.05, 3.63) is 47.7 Å². The molecule has 0 spiro atoms. The van der Waals surface area contributed by atoms with Gasteiger partial charge >= 0.3 is 0 Å². The van der Waals surface area contributed by atoms with Crippen LogP contribution in [0.2, 0.25) is 0 Å². The molecule has 1 aliphatic heterocycles. The Balaban J connectivity index is 1.86. The zero-order valence-corrected chi connectivity index (χ0v) is 15.8. The van der Waals surface area contributed by atoms with E-state index in [-0.39, 0.29) is 17.0 Å². The van der Waals surface area contributed by atoms with Crippen LogP contribution in [0.25, 0.3) is 0 Å². The third kappa shape index (κ3) is 3.85. The number of nitrogens with zero attached hydrogens (tertiary/aromatic N) is 3. The van der Waals surface area contributed by atoms with Crippen LogP contribution >= 0.6 is 11.8 Å². The Morgan fingerprint density at radius 1 is 1.22 bits per heavy atom. The Labute approximate surface area is 160 Å². The normalized spacial score (nSPS) is 17.2. The second-order valence-corrected chi connectivity index (χ2v) is 8.59. The van der Waals surface area contributed by atoms with Crippen LogP contribution in [0.3, 0.4) is 0 Å². The number of rotatable bonds is 4. The molecule has 0 aliphatic carbocycles. The zero-order valence-electron chi connectivity index (χ0n) is 14.1. The van der Waals surface area contributed by atoms with Gasteiger partial charge in [-0.25, -0.2) is 23.4 Å². The summed E-state index contributed by atoms with van der Waals surface area (Å²) < 4.78 is 22.7. The van der Waals surface area contributed by atoms with Crippen molar-refractivity contribution in [1.29, 1.82) is 5.26 Å². The summed E-state index contributed by atoms with van der Waals surface area (Å²) in [7, 11) is -3.86. The predicted molar refractivity (Wildman–Crippen MR) is 98.3 cm³/mol. The largest absolute Gasteiger partial charge is 0.274 e. The van der Waals surface area contributed by atoms with Crippen molar-refractivity contribution < 1.29 is 18.0 Å². The number of aromatic nitrogens is 1. The van der Waals surface area contributed by atoms with Crippen LogP contribution in [0.15, 0.2) is 46.3 Å². The molecule has 0 radical (unpaired) electrons. The first-order valence-electron chi connectivity index (χ1n) is 7.75. The molecule has 1 saturated heterocycles. The molecule has 2 heterocycles. The monoisotopic (exact) mass is 402 g/mol. The Morgan fingerprint density at radius 2 is 1.89 bits per heavy atom. The molecule has 0 bridgehead atoms. The molecule has 2 amide bonds. The van der Waals surface area contributed by atoms with Gasteiger partial charge in [0, 0.05) is 12.1 Å². The molecule has 1 fully saturated rings. The summed E-state index contributed by atoms with van der Waals surface area (Å²) in [6, 6.07) is 10.5. The number of primary sulfonamides is 1. The zero-order chi connectivity index (χ0) is 19.8. The quantitative estimate of drug-likeness (QED) is 0.762. The number of sulfonamides is 1. The fourth-order valence-corrected chi connectivity index (χ4v) is 4.25. The van der Waals surface area contributed by atoms with E-state index in [2.05, 4.69) is 4.98 Å². The fourth-order valence-electron chi connectivity index (χ4n) is 2.59. The molecule has 3 rings (SSSR count). The highest BCUT2D eigenvalue weighted by atomic mass is 32.2. The number of nitriles is 1. The molecule has 1 atom stereocenters. The standard InChI is InChI=1S/C17H14N4O4S2/c1-10-2-3-11(9-18)16(20-10)26-14-8-15(22)21(17(14)23)12-4-6-13(7-5-12)27(19,24)25/h2-7,14H,8H2,1H3,(H2,19,24,25). The van der Waals surface area contributed by atoms with Crippen LogP contribution in [0.1, 0.15) is 17.7 Å². The molecule has 2 aromatic rings. The molecule has 27 heavy (non-hydrogen) atoms. The van der Waals surface area contributed by atoms with Gasteiger partial charge in [0.15, 0.2) is 0 Å². The topological polar surface area (TPSA) is 134 Å². The van der Waals surface area contributed by atoms with Crippen molar-refractivity contribution in [3.8, 4) is 6.07 Å². The minimum absolute atomic E-state index is 0.0407. The van der Waals surface area contributed by atoms with E-state index < -0.39 is 27.1 Å². The number of benzene rings is 1. The number of pyridine rings is 1. The molecule has 1 aromatic heterocycles. The molecular formula is C17H14N4O4S2. The number of aryl methyl sites for hydroxylation is 1. The lowest BCUT2D eigenvalue weighted by Crippen LogP contribution is -2.31. The number of amides is 2. The van der Waals surface area contributed by atoms with Gasteiger partial charge in [-0.2, -0.15) is 5.26 Å². The number of anilines is 1. The van der Waals surface area contributed by atoms with Crippen LogP contribution in [0.5, 0.6) is 0 Å². The molecule has 2 N–H and O–H groups in total. The molecule has 1 aromatic carbocycles. The maximum absolute atomic E-state index is 12.7. The van der Waals surface area contributed by atoms with Crippen LogP contribution < -0.4 is 10.0 Å². The molecular weight excluding hydrogens is 388 g/mol. The number of carbonyl (C=O) groups excluding carboxylic acids is 2. The van der Waals surface area contributed by atoms with Gasteiger partial charge in [-0.1, -0.05) is 11.8 Å². The SMILES string of the molecule is Cc1ccc(C#N)c(SC2CC(=O)N(c3ccc(S(N)(=O)=O)cc3)C2=O)n1. The number of nitrogens with two attached hydrogens (primary N) is 1. The molecule has 10 heteroatoms. The minimum atomic E-state index is -3.86. The molecule has 138 valence electrons. The van der Waals surface area contributed by atoms with Gasteiger partial charge in [0.2, 0.25) is 21.8 Å². The lowest BCUT2D eigenvalue weighted by Gasteiger charge is -2.15. The van der Waals surface area contributed by atoms with Gasteiger partial charge in [-0.3, -0.25) is 9.59 Å². The lowest BCUT2D eigenvalue weighted by molar-refractivity contribution is -0.121. The van der Waals surface area contributed by atoms with Crippen molar-refractivity contribution in [2.45, 2.75) is 28.5 Å². The van der Waals surface area contributed by atoms with Crippen molar-refractivity contribution in [1.82, 2.24) is 4.98 Å². The van der Waals surface area contributed by atoms with Crippen molar-refractivity contribution in [2.24, 2.45) is 5.14 Å². The summed E-state index contributed by atoms with van der Waals surface area (Å²) in [4.78, 5) is 30.2. The second kappa shape index (κ2) is 7.11. The van der Waals surface area contributed by atoms with E-state index in [0.717, 1.165) is 16.7 Å². The molecule has 1 unspecified atom stereocenters. The highest BCUT2D eigenvalue weighted by Gasteiger charge is 2.40.